The van der Waals surface area contributed by atoms with Crippen molar-refractivity contribution in [2.75, 3.05) is 19.1 Å². The molecule has 0 radical (unpaired) electrons. The molecule has 1 saturated heterocycles. The molecule has 0 spiro atoms. The molecule has 8 heteroatoms. The monoisotopic (exact) mass is 400 g/mol. The van der Waals surface area contributed by atoms with Crippen molar-refractivity contribution in [3.05, 3.63) is 58.5 Å². The molecule has 1 aliphatic heterocycles. The van der Waals surface area contributed by atoms with E-state index in [-0.39, 0.29) is 11.5 Å². The van der Waals surface area contributed by atoms with Crippen molar-refractivity contribution in [1.29, 1.82) is 0 Å². The van der Waals surface area contributed by atoms with Gasteiger partial charge in [0.15, 0.2) is 4.32 Å². The number of thiocarbonyl (C=S) groups is 1. The van der Waals surface area contributed by atoms with Crippen LogP contribution in [0.2, 0.25) is 0 Å². The van der Waals surface area contributed by atoms with E-state index < -0.39 is 5.97 Å². The molecule has 3 rings (SSSR count). The number of carboxylic acid groups (broad SMARTS) is 1. The SMILES string of the molecule is COc1ccc(/C=C2/SC(=S)N(c3cccc(C(=O)[O-])c3)C2=O)c(OC)c1. The van der Waals surface area contributed by atoms with Gasteiger partial charge in [-0.3, -0.25) is 9.69 Å². The van der Waals surface area contributed by atoms with Crippen molar-refractivity contribution in [2.24, 2.45) is 0 Å². The number of rotatable bonds is 5. The van der Waals surface area contributed by atoms with Crippen LogP contribution in [0, 0.1) is 0 Å². The highest BCUT2D eigenvalue weighted by atomic mass is 32.2. The number of aromatic carboxylic acids is 1. The molecule has 1 fully saturated rings. The van der Waals surface area contributed by atoms with Gasteiger partial charge >= 0.3 is 0 Å². The normalized spacial score (nSPS) is 15.3. The predicted octanol–water partition coefficient (Wildman–Crippen LogP) is 2.47. The average molecular weight is 400 g/mol. The topological polar surface area (TPSA) is 78.9 Å². The zero-order chi connectivity index (χ0) is 19.6. The molecule has 0 N–H and O–H groups in total. The lowest BCUT2D eigenvalue weighted by molar-refractivity contribution is -0.255. The van der Waals surface area contributed by atoms with Crippen molar-refractivity contribution < 1.29 is 24.2 Å². The van der Waals surface area contributed by atoms with Crippen molar-refractivity contribution in [2.45, 2.75) is 0 Å². The van der Waals surface area contributed by atoms with Crippen LogP contribution in [0.4, 0.5) is 5.69 Å². The lowest BCUT2D eigenvalue weighted by Gasteiger charge is -2.16. The van der Waals surface area contributed by atoms with Gasteiger partial charge in [0.25, 0.3) is 5.91 Å². The van der Waals surface area contributed by atoms with Gasteiger partial charge in [-0.2, -0.15) is 0 Å². The van der Waals surface area contributed by atoms with Gasteiger partial charge < -0.3 is 19.4 Å². The molecule has 138 valence electrons. The summed E-state index contributed by atoms with van der Waals surface area (Å²) in [6.07, 6.45) is 1.68. The van der Waals surface area contributed by atoms with Crippen molar-refractivity contribution in [3.8, 4) is 11.5 Å². The molecule has 0 saturated carbocycles. The molecule has 6 nitrogen and oxygen atoms in total. The molecule has 0 aromatic heterocycles. The first-order valence-electron chi connectivity index (χ1n) is 7.76. The number of hydrogen-bond donors (Lipinski definition) is 0. The molecule has 0 bridgehead atoms. The van der Waals surface area contributed by atoms with Crippen LogP contribution in [0.25, 0.3) is 6.08 Å². The van der Waals surface area contributed by atoms with Crippen LogP contribution in [0.3, 0.4) is 0 Å². The van der Waals surface area contributed by atoms with Gasteiger partial charge in [-0.05, 0) is 35.9 Å². The Hall–Kier alpha value is -2.84. The first-order valence-corrected chi connectivity index (χ1v) is 8.98. The molecule has 0 aliphatic carbocycles. The van der Waals surface area contributed by atoms with Gasteiger partial charge in [-0.15, -0.1) is 0 Å². The number of carbonyl (C=O) groups excluding carboxylic acids is 2. The Labute approximate surface area is 165 Å². The summed E-state index contributed by atoms with van der Waals surface area (Å²) in [6, 6.07) is 11.2. The van der Waals surface area contributed by atoms with Crippen molar-refractivity contribution in [3.63, 3.8) is 0 Å². The molecule has 0 atom stereocenters. The van der Waals surface area contributed by atoms with E-state index >= 15 is 0 Å². The molecule has 0 unspecified atom stereocenters. The van der Waals surface area contributed by atoms with E-state index in [0.717, 1.165) is 11.8 Å². The third-order valence-corrected chi connectivity index (χ3v) is 5.16. The Balaban J connectivity index is 1.96. The number of anilines is 1. The maximum atomic E-state index is 12.8. The number of benzene rings is 2. The zero-order valence-electron chi connectivity index (χ0n) is 14.4. The minimum Gasteiger partial charge on any atom is -0.545 e. The van der Waals surface area contributed by atoms with Gasteiger partial charge in [0.05, 0.1) is 30.8 Å². The Morgan fingerprint density at radius 3 is 2.63 bits per heavy atom. The largest absolute Gasteiger partial charge is 0.545 e. The number of thioether (sulfide) groups is 1. The fourth-order valence-electron chi connectivity index (χ4n) is 2.54. The first-order chi connectivity index (χ1) is 12.9. The summed E-state index contributed by atoms with van der Waals surface area (Å²) >= 11 is 6.45. The predicted molar refractivity (Wildman–Crippen MR) is 106 cm³/mol. The number of ether oxygens (including phenoxy) is 2. The summed E-state index contributed by atoms with van der Waals surface area (Å²) < 4.78 is 10.8. The summed E-state index contributed by atoms with van der Waals surface area (Å²) in [4.78, 5) is 25.6. The lowest BCUT2D eigenvalue weighted by atomic mass is 10.1. The van der Waals surface area contributed by atoms with E-state index in [1.54, 1.807) is 37.5 Å². The third kappa shape index (κ3) is 3.81. The van der Waals surface area contributed by atoms with Crippen LogP contribution < -0.4 is 19.5 Å². The highest BCUT2D eigenvalue weighted by molar-refractivity contribution is 8.27. The fraction of sp³-hybridized carbons (Fsp3) is 0.105. The Morgan fingerprint density at radius 2 is 1.96 bits per heavy atom. The van der Waals surface area contributed by atoms with E-state index in [2.05, 4.69) is 0 Å². The van der Waals surface area contributed by atoms with Gasteiger partial charge in [-0.1, -0.05) is 36.1 Å². The summed E-state index contributed by atoms with van der Waals surface area (Å²) in [5.41, 5.74) is 1.05. The number of amides is 1. The van der Waals surface area contributed by atoms with Gasteiger partial charge in [-0.25, -0.2) is 0 Å². The first kappa shape index (κ1) is 18.9. The van der Waals surface area contributed by atoms with E-state index in [1.807, 2.05) is 0 Å². The Kier molecular flexibility index (Phi) is 5.48. The highest BCUT2D eigenvalue weighted by Gasteiger charge is 2.33. The maximum Gasteiger partial charge on any atom is 0.270 e. The fourth-order valence-corrected chi connectivity index (χ4v) is 3.83. The molecule has 1 aliphatic rings. The van der Waals surface area contributed by atoms with Crippen LogP contribution in [0.5, 0.6) is 11.5 Å². The van der Waals surface area contributed by atoms with E-state index in [1.165, 1.54) is 30.2 Å². The summed E-state index contributed by atoms with van der Waals surface area (Å²) in [6.45, 7) is 0. The number of hydrogen-bond acceptors (Lipinski definition) is 7. The zero-order valence-corrected chi connectivity index (χ0v) is 16.1. The Bertz CT molecular complexity index is 970. The summed E-state index contributed by atoms with van der Waals surface area (Å²) in [7, 11) is 3.09. The quantitative estimate of drug-likeness (QED) is 0.563. The molecular weight excluding hydrogens is 386 g/mol. The van der Waals surface area contributed by atoms with Crippen molar-refractivity contribution >= 4 is 51.9 Å². The minimum atomic E-state index is -1.32. The Morgan fingerprint density at radius 1 is 1.19 bits per heavy atom. The second-order valence-electron chi connectivity index (χ2n) is 5.46. The van der Waals surface area contributed by atoms with Gasteiger partial charge in [0.1, 0.15) is 11.5 Å². The average Bonchev–Trinajstić information content (AvgIpc) is 2.95. The van der Waals surface area contributed by atoms with E-state index in [9.17, 15) is 14.7 Å². The van der Waals surface area contributed by atoms with Crippen LogP contribution in [-0.2, 0) is 4.79 Å². The molecule has 2 aromatic carbocycles. The molecule has 1 amide bonds. The molecular formula is C19H14NO5S2-. The van der Waals surface area contributed by atoms with Crippen LogP contribution in [0.15, 0.2) is 47.4 Å². The van der Waals surface area contributed by atoms with E-state index in [4.69, 9.17) is 21.7 Å². The maximum absolute atomic E-state index is 12.8. The molecule has 27 heavy (non-hydrogen) atoms. The minimum absolute atomic E-state index is 0.0256. The van der Waals surface area contributed by atoms with E-state index in [0.29, 0.717) is 32.0 Å². The third-order valence-electron chi connectivity index (χ3n) is 3.86. The number of carbonyl (C=O) groups is 2. The standard InChI is InChI=1S/C19H15NO5S2/c1-24-14-7-6-11(15(10-14)25-2)9-16-17(21)20(19(26)27-16)13-5-3-4-12(8-13)18(22)23/h3-10H,1-2H3,(H,22,23)/p-1/b16-9+. The molecule has 2 aromatic rings. The van der Waals surface area contributed by atoms with Gasteiger partial charge in [0.2, 0.25) is 0 Å². The summed E-state index contributed by atoms with van der Waals surface area (Å²) in [5, 5.41) is 11.1. The second-order valence-corrected chi connectivity index (χ2v) is 7.14. The molecule has 1 heterocycles. The number of methoxy groups -OCH3 is 2. The van der Waals surface area contributed by atoms with Crippen LogP contribution in [-0.4, -0.2) is 30.4 Å². The lowest BCUT2D eigenvalue weighted by Crippen LogP contribution is -2.28. The number of carboxylic acids is 1. The highest BCUT2D eigenvalue weighted by Crippen LogP contribution is 2.37. The second kappa shape index (κ2) is 7.81. The smallest absolute Gasteiger partial charge is 0.270 e. The van der Waals surface area contributed by atoms with Crippen LogP contribution in [0.1, 0.15) is 15.9 Å². The van der Waals surface area contributed by atoms with Crippen LogP contribution >= 0.6 is 24.0 Å². The number of nitrogens with zero attached hydrogens (tertiary/aromatic N) is 1. The van der Waals surface area contributed by atoms with Gasteiger partial charge in [0, 0.05) is 11.6 Å². The van der Waals surface area contributed by atoms with Crippen molar-refractivity contribution in [1.82, 2.24) is 0 Å². The summed E-state index contributed by atoms with van der Waals surface area (Å²) in [5.74, 6) is -0.464.